The van der Waals surface area contributed by atoms with Crippen LogP contribution in [0.5, 0.6) is 5.75 Å². The standard InChI is InChI=1S/C10H12FNO3S/c1-16-6-2-5-15-8-3-4-10(12(13)14)9(11)7-8/h3-4,7H,2,5-6H2,1H3. The predicted molar refractivity (Wildman–Crippen MR) is 61.5 cm³/mol. The van der Waals surface area contributed by atoms with E-state index < -0.39 is 16.4 Å². The average Bonchev–Trinajstić information content (AvgIpc) is 2.24. The molecule has 0 amide bonds. The van der Waals surface area contributed by atoms with Gasteiger partial charge in [0.1, 0.15) is 5.75 Å². The Balaban J connectivity index is 2.56. The molecule has 0 fully saturated rings. The lowest BCUT2D eigenvalue weighted by molar-refractivity contribution is -0.387. The number of benzene rings is 1. The Kier molecular flexibility index (Phi) is 5.04. The highest BCUT2D eigenvalue weighted by atomic mass is 32.2. The molecule has 0 bridgehead atoms. The first-order chi connectivity index (χ1) is 7.65. The van der Waals surface area contributed by atoms with E-state index in [1.165, 1.54) is 6.07 Å². The summed E-state index contributed by atoms with van der Waals surface area (Å²) in [6.07, 6.45) is 2.85. The van der Waals surface area contributed by atoms with E-state index in [0.29, 0.717) is 12.4 Å². The van der Waals surface area contributed by atoms with Gasteiger partial charge in [0.05, 0.1) is 11.5 Å². The molecule has 4 nitrogen and oxygen atoms in total. The molecule has 0 saturated carbocycles. The number of rotatable bonds is 6. The van der Waals surface area contributed by atoms with E-state index in [-0.39, 0.29) is 0 Å². The van der Waals surface area contributed by atoms with Gasteiger partial charge in [-0.05, 0) is 24.5 Å². The summed E-state index contributed by atoms with van der Waals surface area (Å²) in [6, 6.07) is 3.55. The topological polar surface area (TPSA) is 52.4 Å². The Morgan fingerprint density at radius 3 is 2.88 bits per heavy atom. The highest BCUT2D eigenvalue weighted by molar-refractivity contribution is 7.98. The number of nitro groups is 1. The smallest absolute Gasteiger partial charge is 0.305 e. The number of hydrogen-bond donors (Lipinski definition) is 0. The van der Waals surface area contributed by atoms with Gasteiger partial charge in [-0.15, -0.1) is 0 Å². The zero-order chi connectivity index (χ0) is 12.0. The van der Waals surface area contributed by atoms with Gasteiger partial charge in [-0.1, -0.05) is 0 Å². The normalized spacial score (nSPS) is 10.1. The first-order valence-electron chi connectivity index (χ1n) is 4.71. The molecule has 16 heavy (non-hydrogen) atoms. The first kappa shape index (κ1) is 12.8. The monoisotopic (exact) mass is 245 g/mol. The Labute approximate surface area is 96.9 Å². The van der Waals surface area contributed by atoms with Crippen molar-refractivity contribution in [3.8, 4) is 5.75 Å². The van der Waals surface area contributed by atoms with E-state index >= 15 is 0 Å². The van der Waals surface area contributed by atoms with Crippen molar-refractivity contribution < 1.29 is 14.1 Å². The minimum atomic E-state index is -0.868. The molecule has 0 aromatic heterocycles. The number of halogens is 1. The molecule has 0 unspecified atom stereocenters. The fourth-order valence-electron chi connectivity index (χ4n) is 1.12. The summed E-state index contributed by atoms with van der Waals surface area (Å²) in [5.41, 5.74) is -0.531. The molecule has 0 atom stereocenters. The van der Waals surface area contributed by atoms with Gasteiger partial charge in [-0.2, -0.15) is 16.2 Å². The number of hydrogen-bond acceptors (Lipinski definition) is 4. The van der Waals surface area contributed by atoms with Crippen LogP contribution in [0.15, 0.2) is 18.2 Å². The summed E-state index contributed by atoms with van der Waals surface area (Å²) in [7, 11) is 0. The van der Waals surface area contributed by atoms with Crippen LogP contribution in [0.4, 0.5) is 10.1 Å². The summed E-state index contributed by atoms with van der Waals surface area (Å²) in [4.78, 5) is 9.60. The van der Waals surface area contributed by atoms with Gasteiger partial charge in [0, 0.05) is 12.1 Å². The molecular formula is C10H12FNO3S. The van der Waals surface area contributed by atoms with Crippen molar-refractivity contribution in [1.82, 2.24) is 0 Å². The fourth-order valence-corrected chi connectivity index (χ4v) is 1.53. The molecule has 0 spiro atoms. The van der Waals surface area contributed by atoms with Gasteiger partial charge in [-0.25, -0.2) is 0 Å². The van der Waals surface area contributed by atoms with Crippen molar-refractivity contribution in [3.05, 3.63) is 34.1 Å². The van der Waals surface area contributed by atoms with Crippen LogP contribution >= 0.6 is 11.8 Å². The van der Waals surface area contributed by atoms with Crippen LogP contribution in [0.1, 0.15) is 6.42 Å². The maximum absolute atomic E-state index is 13.2. The third kappa shape index (κ3) is 3.69. The average molecular weight is 245 g/mol. The van der Waals surface area contributed by atoms with Crippen molar-refractivity contribution in [1.29, 1.82) is 0 Å². The fraction of sp³-hybridized carbons (Fsp3) is 0.400. The van der Waals surface area contributed by atoms with Gasteiger partial charge in [0.25, 0.3) is 0 Å². The molecule has 1 aromatic carbocycles. The molecule has 0 aliphatic rings. The molecule has 1 aromatic rings. The van der Waals surface area contributed by atoms with E-state index in [9.17, 15) is 14.5 Å². The Morgan fingerprint density at radius 1 is 1.56 bits per heavy atom. The highest BCUT2D eigenvalue weighted by Crippen LogP contribution is 2.22. The molecular weight excluding hydrogens is 233 g/mol. The van der Waals surface area contributed by atoms with Gasteiger partial charge in [0.2, 0.25) is 5.82 Å². The van der Waals surface area contributed by atoms with Crippen molar-refractivity contribution in [2.75, 3.05) is 18.6 Å². The van der Waals surface area contributed by atoms with E-state index in [1.54, 1.807) is 11.8 Å². The largest absolute Gasteiger partial charge is 0.493 e. The zero-order valence-corrected chi connectivity index (χ0v) is 9.63. The quantitative estimate of drug-likeness (QED) is 0.439. The van der Waals surface area contributed by atoms with Crippen LogP contribution in [0, 0.1) is 15.9 Å². The van der Waals surface area contributed by atoms with E-state index in [0.717, 1.165) is 24.3 Å². The molecule has 0 aliphatic heterocycles. The summed E-state index contributed by atoms with van der Waals surface area (Å²) in [5, 5.41) is 10.4. The molecule has 6 heteroatoms. The lowest BCUT2D eigenvalue weighted by Crippen LogP contribution is -2.00. The number of thioether (sulfide) groups is 1. The Bertz CT molecular complexity index is 373. The van der Waals surface area contributed by atoms with Gasteiger partial charge in [-0.3, -0.25) is 10.1 Å². The molecule has 1 rings (SSSR count). The second-order valence-corrected chi connectivity index (χ2v) is 4.05. The zero-order valence-electron chi connectivity index (χ0n) is 8.81. The van der Waals surface area contributed by atoms with Crippen molar-refractivity contribution in [3.63, 3.8) is 0 Å². The van der Waals surface area contributed by atoms with Crippen LogP contribution in [0.2, 0.25) is 0 Å². The van der Waals surface area contributed by atoms with Crippen LogP contribution < -0.4 is 4.74 Å². The van der Waals surface area contributed by atoms with Gasteiger partial charge >= 0.3 is 5.69 Å². The second-order valence-electron chi connectivity index (χ2n) is 3.07. The minimum absolute atomic E-state index is 0.323. The summed E-state index contributed by atoms with van der Waals surface area (Å²) >= 11 is 1.70. The molecule has 0 saturated heterocycles. The maximum atomic E-state index is 13.2. The number of nitro benzene ring substituents is 1. The lowest BCUT2D eigenvalue weighted by Gasteiger charge is -2.05. The SMILES string of the molecule is CSCCCOc1ccc([N+](=O)[O-])c(F)c1. The molecule has 88 valence electrons. The molecule has 0 aliphatic carbocycles. The van der Waals surface area contributed by atoms with E-state index in [4.69, 9.17) is 4.74 Å². The van der Waals surface area contributed by atoms with Crippen molar-refractivity contribution >= 4 is 17.4 Å². The maximum Gasteiger partial charge on any atom is 0.305 e. The molecule has 0 heterocycles. The minimum Gasteiger partial charge on any atom is -0.493 e. The van der Waals surface area contributed by atoms with Crippen molar-refractivity contribution in [2.24, 2.45) is 0 Å². The summed E-state index contributed by atoms with van der Waals surface area (Å²) in [5.74, 6) is 0.423. The van der Waals surface area contributed by atoms with Crippen LogP contribution in [-0.4, -0.2) is 23.5 Å². The van der Waals surface area contributed by atoms with Crippen LogP contribution in [0.25, 0.3) is 0 Å². The number of ether oxygens (including phenoxy) is 1. The summed E-state index contributed by atoms with van der Waals surface area (Å²) < 4.78 is 18.4. The van der Waals surface area contributed by atoms with Gasteiger partial charge < -0.3 is 4.74 Å². The Hall–Kier alpha value is -1.30. The predicted octanol–water partition coefficient (Wildman–Crippen LogP) is 2.87. The van der Waals surface area contributed by atoms with Crippen LogP contribution in [0.3, 0.4) is 0 Å². The highest BCUT2D eigenvalue weighted by Gasteiger charge is 2.13. The van der Waals surface area contributed by atoms with Crippen LogP contribution in [-0.2, 0) is 0 Å². The van der Waals surface area contributed by atoms with Gasteiger partial charge in [0.15, 0.2) is 0 Å². The first-order valence-corrected chi connectivity index (χ1v) is 6.10. The third-order valence-corrected chi connectivity index (χ3v) is 2.57. The number of nitrogens with zero attached hydrogens (tertiary/aromatic N) is 1. The second kappa shape index (κ2) is 6.32. The van der Waals surface area contributed by atoms with E-state index in [1.807, 2.05) is 6.26 Å². The lowest BCUT2D eigenvalue weighted by atomic mass is 10.3. The van der Waals surface area contributed by atoms with Crippen molar-refractivity contribution in [2.45, 2.75) is 6.42 Å². The molecule has 0 radical (unpaired) electrons. The third-order valence-electron chi connectivity index (χ3n) is 1.88. The molecule has 0 N–H and O–H groups in total. The summed E-state index contributed by atoms with van der Waals surface area (Å²) in [6.45, 7) is 0.484. The Morgan fingerprint density at radius 2 is 2.31 bits per heavy atom. The van der Waals surface area contributed by atoms with E-state index in [2.05, 4.69) is 0 Å².